The first-order valence-corrected chi connectivity index (χ1v) is 9.50. The number of benzene rings is 1. The number of pyridine rings is 1. The normalized spacial score (nSPS) is 14.1. The van der Waals surface area contributed by atoms with Crippen molar-refractivity contribution in [2.75, 3.05) is 57.2 Å². The van der Waals surface area contributed by atoms with Gasteiger partial charge in [-0.2, -0.15) is 0 Å². The molecule has 1 amide bonds. The van der Waals surface area contributed by atoms with Gasteiger partial charge in [-0.1, -0.05) is 6.07 Å². The summed E-state index contributed by atoms with van der Waals surface area (Å²) in [6.45, 7) is 3.09. The maximum atomic E-state index is 12.6. The lowest BCUT2D eigenvalue weighted by Crippen LogP contribution is -2.49. The van der Waals surface area contributed by atoms with E-state index in [4.69, 9.17) is 9.47 Å². The molecule has 0 spiro atoms. The van der Waals surface area contributed by atoms with Crippen LogP contribution in [0.1, 0.15) is 20.7 Å². The lowest BCUT2D eigenvalue weighted by Gasteiger charge is -2.35. The maximum Gasteiger partial charge on any atom is 0.339 e. The minimum Gasteiger partial charge on any atom is -0.465 e. The summed E-state index contributed by atoms with van der Waals surface area (Å²) in [7, 11) is 2.52. The molecule has 30 heavy (non-hydrogen) atoms. The fraction of sp³-hybridized carbons (Fsp3) is 0.333. The first kappa shape index (κ1) is 21.3. The SMILES string of the molecule is COC(=O)c1ccc(C(=O)OC)c(NC(=O)CN2CCN(c3ccccn3)CC2)c1. The van der Waals surface area contributed by atoms with Gasteiger partial charge in [0.25, 0.3) is 0 Å². The number of ether oxygens (including phenoxy) is 2. The van der Waals surface area contributed by atoms with E-state index in [1.807, 2.05) is 23.1 Å². The van der Waals surface area contributed by atoms with Crippen LogP contribution in [0.2, 0.25) is 0 Å². The third kappa shape index (κ3) is 5.12. The van der Waals surface area contributed by atoms with E-state index in [-0.39, 0.29) is 29.3 Å². The van der Waals surface area contributed by atoms with Gasteiger partial charge in [0, 0.05) is 32.4 Å². The van der Waals surface area contributed by atoms with Gasteiger partial charge < -0.3 is 19.7 Å². The van der Waals surface area contributed by atoms with Crippen molar-refractivity contribution in [1.29, 1.82) is 0 Å². The smallest absolute Gasteiger partial charge is 0.339 e. The van der Waals surface area contributed by atoms with Gasteiger partial charge in [-0.25, -0.2) is 14.6 Å². The molecule has 1 aliphatic heterocycles. The highest BCUT2D eigenvalue weighted by Gasteiger charge is 2.22. The molecule has 0 radical (unpaired) electrons. The largest absolute Gasteiger partial charge is 0.465 e. The Balaban J connectivity index is 1.63. The molecule has 0 aliphatic carbocycles. The summed E-state index contributed by atoms with van der Waals surface area (Å²) < 4.78 is 9.47. The molecule has 158 valence electrons. The molecule has 1 fully saturated rings. The highest BCUT2D eigenvalue weighted by atomic mass is 16.5. The van der Waals surface area contributed by atoms with E-state index in [9.17, 15) is 14.4 Å². The number of anilines is 2. The number of hydrogen-bond donors (Lipinski definition) is 1. The maximum absolute atomic E-state index is 12.6. The molecule has 1 aliphatic rings. The molecule has 0 bridgehead atoms. The van der Waals surface area contributed by atoms with Crippen molar-refractivity contribution in [2.24, 2.45) is 0 Å². The average molecular weight is 412 g/mol. The van der Waals surface area contributed by atoms with Crippen molar-refractivity contribution in [1.82, 2.24) is 9.88 Å². The molecule has 9 heteroatoms. The minimum atomic E-state index is -0.606. The molecule has 2 aromatic rings. The molecule has 9 nitrogen and oxygen atoms in total. The summed E-state index contributed by atoms with van der Waals surface area (Å²) in [6, 6.07) is 10.1. The highest BCUT2D eigenvalue weighted by molar-refractivity contribution is 6.03. The molecular weight excluding hydrogens is 388 g/mol. The van der Waals surface area contributed by atoms with E-state index in [1.54, 1.807) is 6.20 Å². The van der Waals surface area contributed by atoms with Crippen molar-refractivity contribution in [3.05, 3.63) is 53.7 Å². The fourth-order valence-corrected chi connectivity index (χ4v) is 3.25. The molecule has 2 heterocycles. The summed E-state index contributed by atoms with van der Waals surface area (Å²) in [4.78, 5) is 45.0. The lowest BCUT2D eigenvalue weighted by atomic mass is 10.1. The van der Waals surface area contributed by atoms with E-state index < -0.39 is 11.9 Å². The highest BCUT2D eigenvalue weighted by Crippen LogP contribution is 2.20. The van der Waals surface area contributed by atoms with Crippen LogP contribution in [0.4, 0.5) is 11.5 Å². The second kappa shape index (κ2) is 9.84. The average Bonchev–Trinajstić information content (AvgIpc) is 2.79. The van der Waals surface area contributed by atoms with Crippen LogP contribution in [0.3, 0.4) is 0 Å². The monoisotopic (exact) mass is 412 g/mol. The summed E-state index contributed by atoms with van der Waals surface area (Å²) in [5, 5.41) is 2.72. The predicted molar refractivity (Wildman–Crippen MR) is 111 cm³/mol. The van der Waals surface area contributed by atoms with E-state index in [0.717, 1.165) is 18.9 Å². The number of nitrogens with one attached hydrogen (secondary N) is 1. The van der Waals surface area contributed by atoms with E-state index >= 15 is 0 Å². The topological polar surface area (TPSA) is 101 Å². The Labute approximate surface area is 174 Å². The predicted octanol–water partition coefficient (Wildman–Crippen LogP) is 1.42. The Morgan fingerprint density at radius 3 is 2.37 bits per heavy atom. The molecular formula is C21H24N4O5. The first-order chi connectivity index (χ1) is 14.5. The van der Waals surface area contributed by atoms with Crippen LogP contribution in [0.25, 0.3) is 0 Å². The molecule has 1 N–H and O–H groups in total. The summed E-state index contributed by atoms with van der Waals surface area (Å²) >= 11 is 0. The zero-order valence-electron chi connectivity index (χ0n) is 17.0. The Morgan fingerprint density at radius 1 is 1.00 bits per heavy atom. The Hall–Kier alpha value is -3.46. The van der Waals surface area contributed by atoms with E-state index in [0.29, 0.717) is 13.1 Å². The fourth-order valence-electron chi connectivity index (χ4n) is 3.25. The number of carbonyl (C=O) groups is 3. The number of amides is 1. The Kier molecular flexibility index (Phi) is 6.97. The summed E-state index contributed by atoms with van der Waals surface area (Å²) in [6.07, 6.45) is 1.76. The Bertz CT molecular complexity index is 911. The van der Waals surface area contributed by atoms with Crippen LogP contribution >= 0.6 is 0 Å². The quantitative estimate of drug-likeness (QED) is 0.711. The van der Waals surface area contributed by atoms with Gasteiger partial charge in [0.2, 0.25) is 5.91 Å². The molecule has 1 aromatic carbocycles. The molecule has 1 saturated heterocycles. The van der Waals surface area contributed by atoms with Gasteiger partial charge in [-0.15, -0.1) is 0 Å². The van der Waals surface area contributed by atoms with Crippen molar-refractivity contribution in [3.8, 4) is 0 Å². The molecule has 3 rings (SSSR count). The second-order valence-electron chi connectivity index (χ2n) is 6.74. The second-order valence-corrected chi connectivity index (χ2v) is 6.74. The van der Waals surface area contributed by atoms with Gasteiger partial charge in [0.15, 0.2) is 0 Å². The van der Waals surface area contributed by atoms with Gasteiger partial charge >= 0.3 is 11.9 Å². The van der Waals surface area contributed by atoms with Crippen LogP contribution in [0.5, 0.6) is 0 Å². The van der Waals surface area contributed by atoms with Crippen LogP contribution < -0.4 is 10.2 Å². The number of hydrogen-bond acceptors (Lipinski definition) is 8. The van der Waals surface area contributed by atoms with Crippen molar-refractivity contribution >= 4 is 29.4 Å². The number of nitrogens with zero attached hydrogens (tertiary/aromatic N) is 3. The molecule has 0 unspecified atom stereocenters. The van der Waals surface area contributed by atoms with Crippen molar-refractivity contribution in [2.45, 2.75) is 0 Å². The van der Waals surface area contributed by atoms with E-state index in [1.165, 1.54) is 32.4 Å². The van der Waals surface area contributed by atoms with Gasteiger partial charge in [0.05, 0.1) is 37.6 Å². The van der Waals surface area contributed by atoms with Gasteiger partial charge in [0.1, 0.15) is 5.82 Å². The summed E-state index contributed by atoms with van der Waals surface area (Å²) in [5.41, 5.74) is 0.602. The zero-order chi connectivity index (χ0) is 21.5. The van der Waals surface area contributed by atoms with Gasteiger partial charge in [-0.05, 0) is 30.3 Å². The number of esters is 2. The lowest BCUT2D eigenvalue weighted by molar-refractivity contribution is -0.117. The summed E-state index contributed by atoms with van der Waals surface area (Å²) in [5.74, 6) is -0.532. The van der Waals surface area contributed by atoms with Crippen LogP contribution in [0.15, 0.2) is 42.6 Å². The van der Waals surface area contributed by atoms with Crippen LogP contribution in [-0.4, -0.2) is 74.7 Å². The number of piperazine rings is 1. The number of methoxy groups -OCH3 is 2. The number of aromatic nitrogens is 1. The third-order valence-electron chi connectivity index (χ3n) is 4.83. The van der Waals surface area contributed by atoms with Crippen molar-refractivity contribution in [3.63, 3.8) is 0 Å². The zero-order valence-corrected chi connectivity index (χ0v) is 17.0. The number of rotatable bonds is 6. The molecule has 0 saturated carbocycles. The van der Waals surface area contributed by atoms with Crippen molar-refractivity contribution < 1.29 is 23.9 Å². The van der Waals surface area contributed by atoms with Gasteiger partial charge in [-0.3, -0.25) is 9.69 Å². The third-order valence-corrected chi connectivity index (χ3v) is 4.83. The van der Waals surface area contributed by atoms with Crippen LogP contribution in [0, 0.1) is 0 Å². The molecule has 1 aromatic heterocycles. The molecule has 0 atom stereocenters. The number of carbonyl (C=O) groups excluding carboxylic acids is 3. The minimum absolute atomic E-state index is 0.165. The standard InChI is InChI=1S/C21H24N4O5/c1-29-20(27)15-6-7-16(21(28)30-2)17(13-15)23-19(26)14-24-9-11-25(12-10-24)18-5-3-4-8-22-18/h3-8,13H,9-12,14H2,1-2H3,(H,23,26). The first-order valence-electron chi connectivity index (χ1n) is 9.50. The van der Waals surface area contributed by atoms with Crippen LogP contribution in [-0.2, 0) is 14.3 Å². The van der Waals surface area contributed by atoms with E-state index in [2.05, 4.69) is 15.2 Å². The Morgan fingerprint density at radius 2 is 1.73 bits per heavy atom.